The third kappa shape index (κ3) is 74.1. The van der Waals surface area contributed by atoms with Crippen LogP contribution in [0.3, 0.4) is 0 Å². The van der Waals surface area contributed by atoms with E-state index in [0.29, 0.717) is 6.42 Å². The second-order valence-electron chi connectivity index (χ2n) is 25.5. The van der Waals surface area contributed by atoms with Gasteiger partial charge in [0.15, 0.2) is 6.10 Å². The van der Waals surface area contributed by atoms with Gasteiger partial charge in [0.2, 0.25) is 0 Å². The number of ether oxygens (including phenoxy) is 2. The molecule has 3 N–H and O–H groups in total. The number of allylic oxidation sites excluding steroid dienone is 14. The van der Waals surface area contributed by atoms with Crippen molar-refractivity contribution in [3.05, 3.63) is 85.1 Å². The molecule has 2 unspecified atom stereocenters. The number of phosphoric acid groups is 1. The molecule has 0 aromatic carbocycles. The van der Waals surface area contributed by atoms with Gasteiger partial charge in [0, 0.05) is 19.4 Å². The van der Waals surface area contributed by atoms with E-state index in [-0.39, 0.29) is 38.6 Å². The highest BCUT2D eigenvalue weighted by molar-refractivity contribution is 7.47. The number of hydrogen-bond acceptors (Lipinski definition) is 8. The van der Waals surface area contributed by atoms with E-state index >= 15 is 0 Å². The van der Waals surface area contributed by atoms with Gasteiger partial charge in [-0.2, -0.15) is 0 Å². The van der Waals surface area contributed by atoms with Crippen LogP contribution in [0.25, 0.3) is 0 Å². The number of carbonyl (C=O) groups excluding carboxylic acids is 2. The van der Waals surface area contributed by atoms with Crippen molar-refractivity contribution in [2.24, 2.45) is 5.73 Å². The van der Waals surface area contributed by atoms with Crippen molar-refractivity contribution in [3.63, 3.8) is 0 Å². The summed E-state index contributed by atoms with van der Waals surface area (Å²) in [7, 11) is -4.40. The summed E-state index contributed by atoms with van der Waals surface area (Å²) in [5.41, 5.74) is 5.41. The first-order valence-corrected chi connectivity index (χ1v) is 39.6. The molecular formula is C79H144NO8P. The van der Waals surface area contributed by atoms with Gasteiger partial charge in [-0.15, -0.1) is 0 Å². The van der Waals surface area contributed by atoms with Crippen LogP contribution in [-0.4, -0.2) is 49.3 Å². The Hall–Kier alpha value is -2.81. The summed E-state index contributed by atoms with van der Waals surface area (Å²) in [6.45, 7) is 3.67. The molecule has 0 spiro atoms. The number of rotatable bonds is 72. The minimum Gasteiger partial charge on any atom is -0.462 e. The Morgan fingerprint density at radius 1 is 0.348 bits per heavy atom. The summed E-state index contributed by atoms with van der Waals surface area (Å²) in [4.78, 5) is 35.4. The van der Waals surface area contributed by atoms with Crippen molar-refractivity contribution in [2.45, 2.75) is 380 Å². The molecule has 0 saturated carbocycles. The van der Waals surface area contributed by atoms with Crippen molar-refractivity contribution < 1.29 is 37.6 Å². The zero-order valence-corrected chi connectivity index (χ0v) is 59.3. The Balaban J connectivity index is 3.78. The molecule has 0 amide bonds. The average molecular weight is 1270 g/mol. The van der Waals surface area contributed by atoms with Crippen LogP contribution in [-0.2, 0) is 32.7 Å². The molecule has 0 aliphatic heterocycles. The zero-order valence-electron chi connectivity index (χ0n) is 58.4. The lowest BCUT2D eigenvalue weighted by Crippen LogP contribution is -2.29. The van der Waals surface area contributed by atoms with Crippen molar-refractivity contribution in [1.82, 2.24) is 0 Å². The van der Waals surface area contributed by atoms with Gasteiger partial charge < -0.3 is 20.1 Å². The Morgan fingerprint density at radius 2 is 0.618 bits per heavy atom. The van der Waals surface area contributed by atoms with E-state index < -0.39 is 26.5 Å². The summed E-state index contributed by atoms with van der Waals surface area (Å²) in [6.07, 6.45) is 99.9. The molecule has 0 aromatic heterocycles. The largest absolute Gasteiger partial charge is 0.472 e. The predicted molar refractivity (Wildman–Crippen MR) is 386 cm³/mol. The monoisotopic (exact) mass is 1270 g/mol. The highest BCUT2D eigenvalue weighted by atomic mass is 31.2. The maximum Gasteiger partial charge on any atom is 0.472 e. The Kier molecular flexibility index (Phi) is 71.9. The van der Waals surface area contributed by atoms with E-state index in [4.69, 9.17) is 24.3 Å². The van der Waals surface area contributed by atoms with E-state index in [1.165, 1.54) is 263 Å². The van der Waals surface area contributed by atoms with Crippen molar-refractivity contribution >= 4 is 19.8 Å². The average Bonchev–Trinajstić information content (AvgIpc) is 3.68. The number of phosphoric ester groups is 1. The van der Waals surface area contributed by atoms with Gasteiger partial charge >= 0.3 is 19.8 Å². The van der Waals surface area contributed by atoms with Crippen LogP contribution in [0.2, 0.25) is 0 Å². The summed E-state index contributed by atoms with van der Waals surface area (Å²) in [6, 6.07) is 0. The fourth-order valence-corrected chi connectivity index (χ4v) is 11.9. The lowest BCUT2D eigenvalue weighted by atomic mass is 10.0. The molecule has 518 valence electrons. The van der Waals surface area contributed by atoms with E-state index in [9.17, 15) is 19.0 Å². The molecule has 0 aliphatic carbocycles. The number of nitrogens with two attached hydrogens (primary N) is 1. The molecule has 0 rings (SSSR count). The van der Waals surface area contributed by atoms with Gasteiger partial charge in [0.25, 0.3) is 0 Å². The molecule has 9 nitrogen and oxygen atoms in total. The number of hydrogen-bond donors (Lipinski definition) is 2. The molecule has 0 fully saturated rings. The standard InChI is InChI=1S/C79H144NO8P/c1-3-5-7-9-11-13-15-17-19-21-23-25-27-29-31-33-34-35-36-37-38-39-40-41-42-44-45-47-49-51-53-55-57-59-61-63-65-67-69-71-78(81)85-75-77(76-87-89(83,84)86-74-73-80)88-79(82)72-70-68-66-64-62-60-58-56-54-52-50-48-46-43-32-30-28-26-24-22-20-18-16-14-12-10-8-6-4-2/h6,8,12,14-15,17-18,20-21,23-24,26,30,32,77H,3-5,7,9-11,13,16,19,22,25,27-29,31,33-76,80H2,1-2H3,(H,83,84)/b8-6-,14-12-,17-15-,20-18-,23-21-,26-24-,32-30-. The highest BCUT2D eigenvalue weighted by Gasteiger charge is 2.26. The van der Waals surface area contributed by atoms with Crippen LogP contribution in [0.15, 0.2) is 85.1 Å². The lowest BCUT2D eigenvalue weighted by Gasteiger charge is -2.19. The van der Waals surface area contributed by atoms with Gasteiger partial charge in [-0.05, 0) is 89.9 Å². The normalized spacial score (nSPS) is 13.3. The number of carbonyl (C=O) groups is 2. The van der Waals surface area contributed by atoms with Crippen LogP contribution in [0, 0.1) is 0 Å². The SMILES string of the molecule is CC/C=C\C/C=C\C/C=C\C/C=C\C/C=C\CCCCCCCCCCCCCCCC(=O)OC(COC(=O)CCCCCCCCCCCCCCCCCCCCCCCCCCCCC/C=C\C/C=C\CCCCCCC)COP(=O)(O)OCCN. The van der Waals surface area contributed by atoms with E-state index in [2.05, 4.69) is 98.9 Å². The first-order chi connectivity index (χ1) is 43.8. The first-order valence-electron chi connectivity index (χ1n) is 38.1. The van der Waals surface area contributed by atoms with Crippen molar-refractivity contribution in [1.29, 1.82) is 0 Å². The number of esters is 2. The second-order valence-corrected chi connectivity index (χ2v) is 26.9. The van der Waals surface area contributed by atoms with Crippen LogP contribution in [0.4, 0.5) is 0 Å². The van der Waals surface area contributed by atoms with Gasteiger partial charge in [0.1, 0.15) is 6.61 Å². The molecule has 0 aliphatic rings. The van der Waals surface area contributed by atoms with Crippen LogP contribution in [0.5, 0.6) is 0 Å². The van der Waals surface area contributed by atoms with E-state index in [1.54, 1.807) is 0 Å². The van der Waals surface area contributed by atoms with Crippen LogP contribution in [0.1, 0.15) is 373 Å². The smallest absolute Gasteiger partial charge is 0.462 e. The predicted octanol–water partition coefficient (Wildman–Crippen LogP) is 25.3. The van der Waals surface area contributed by atoms with Crippen LogP contribution >= 0.6 is 7.82 Å². The molecule has 2 atom stereocenters. The molecule has 0 aromatic rings. The third-order valence-electron chi connectivity index (χ3n) is 16.8. The molecule has 0 heterocycles. The van der Waals surface area contributed by atoms with E-state index in [1.807, 2.05) is 0 Å². The summed E-state index contributed by atoms with van der Waals surface area (Å²) < 4.78 is 33.2. The molecule has 89 heavy (non-hydrogen) atoms. The topological polar surface area (TPSA) is 134 Å². The van der Waals surface area contributed by atoms with Crippen molar-refractivity contribution in [3.8, 4) is 0 Å². The quantitative estimate of drug-likeness (QED) is 0.0264. The third-order valence-corrected chi connectivity index (χ3v) is 17.7. The maximum absolute atomic E-state index is 12.8. The maximum atomic E-state index is 12.8. The van der Waals surface area contributed by atoms with Crippen LogP contribution < -0.4 is 5.73 Å². The second kappa shape index (κ2) is 74.2. The summed E-state index contributed by atoms with van der Waals surface area (Å²) in [5, 5.41) is 0. The summed E-state index contributed by atoms with van der Waals surface area (Å²) >= 11 is 0. The first kappa shape index (κ1) is 86.2. The fraction of sp³-hybridized carbons (Fsp3) is 0.797. The Morgan fingerprint density at radius 3 is 0.921 bits per heavy atom. The molecular weight excluding hydrogens is 1120 g/mol. The minimum absolute atomic E-state index is 0.0525. The Labute approximate surface area is 551 Å². The molecule has 10 heteroatoms. The summed E-state index contributed by atoms with van der Waals surface area (Å²) in [5.74, 6) is -0.814. The number of unbranched alkanes of at least 4 members (excludes halogenated alkanes) is 45. The molecule has 0 radical (unpaired) electrons. The minimum atomic E-state index is -4.40. The van der Waals surface area contributed by atoms with Gasteiger partial charge in [-0.3, -0.25) is 18.6 Å². The van der Waals surface area contributed by atoms with E-state index in [0.717, 1.165) is 77.0 Å². The fourth-order valence-electron chi connectivity index (χ4n) is 11.2. The molecule has 0 saturated heterocycles. The zero-order chi connectivity index (χ0) is 64.4. The molecule has 0 bridgehead atoms. The van der Waals surface area contributed by atoms with Gasteiger partial charge in [0.05, 0.1) is 13.2 Å². The highest BCUT2D eigenvalue weighted by Crippen LogP contribution is 2.43. The van der Waals surface area contributed by atoms with Gasteiger partial charge in [-0.25, -0.2) is 4.57 Å². The van der Waals surface area contributed by atoms with Crippen molar-refractivity contribution in [2.75, 3.05) is 26.4 Å². The van der Waals surface area contributed by atoms with Gasteiger partial charge in [-0.1, -0.05) is 356 Å². The lowest BCUT2D eigenvalue weighted by molar-refractivity contribution is -0.161. The Bertz CT molecular complexity index is 1740.